The predicted molar refractivity (Wildman–Crippen MR) is 114 cm³/mol. The SMILES string of the molecule is Cc1c(Br)ccc(NC(=O)COC(=O)CCC(=O)Nc2ccc([N+](=O)[O-])cc2)c1C. The lowest BCUT2D eigenvalue weighted by atomic mass is 10.1. The predicted octanol–water partition coefficient (Wildman–Crippen LogP) is 3.87. The molecule has 10 heteroatoms. The summed E-state index contributed by atoms with van der Waals surface area (Å²) in [5.74, 6) is -1.62. The molecule has 0 saturated heterocycles. The molecule has 0 fully saturated rings. The average Bonchev–Trinajstić information content (AvgIpc) is 2.71. The van der Waals surface area contributed by atoms with Gasteiger partial charge in [-0.05, 0) is 49.2 Å². The Labute approximate surface area is 181 Å². The number of rotatable bonds is 8. The van der Waals surface area contributed by atoms with Crippen LogP contribution in [0.5, 0.6) is 0 Å². The van der Waals surface area contributed by atoms with Crippen LogP contribution in [0.2, 0.25) is 0 Å². The molecule has 158 valence electrons. The topological polar surface area (TPSA) is 128 Å². The molecule has 2 aromatic carbocycles. The Morgan fingerprint density at radius 1 is 0.967 bits per heavy atom. The molecule has 0 saturated carbocycles. The van der Waals surface area contributed by atoms with Crippen molar-refractivity contribution < 1.29 is 24.0 Å². The van der Waals surface area contributed by atoms with Crippen LogP contribution in [0.15, 0.2) is 40.9 Å². The van der Waals surface area contributed by atoms with Crippen LogP contribution in [-0.2, 0) is 19.1 Å². The maximum absolute atomic E-state index is 12.0. The van der Waals surface area contributed by atoms with Gasteiger partial charge >= 0.3 is 5.97 Å². The summed E-state index contributed by atoms with van der Waals surface area (Å²) in [6, 6.07) is 8.87. The molecular weight excluding hydrogens is 458 g/mol. The fourth-order valence-corrected chi connectivity index (χ4v) is 2.86. The van der Waals surface area contributed by atoms with E-state index in [1.807, 2.05) is 19.9 Å². The Hall–Kier alpha value is -3.27. The summed E-state index contributed by atoms with van der Waals surface area (Å²) in [6.07, 6.45) is -0.356. The summed E-state index contributed by atoms with van der Waals surface area (Å²) in [7, 11) is 0. The maximum atomic E-state index is 12.0. The van der Waals surface area contributed by atoms with Crippen molar-refractivity contribution in [3.63, 3.8) is 0 Å². The van der Waals surface area contributed by atoms with E-state index in [0.29, 0.717) is 11.4 Å². The van der Waals surface area contributed by atoms with Crippen LogP contribution >= 0.6 is 15.9 Å². The molecule has 0 atom stereocenters. The first kappa shape index (κ1) is 23.0. The lowest BCUT2D eigenvalue weighted by Crippen LogP contribution is -2.22. The minimum absolute atomic E-state index is 0.0941. The van der Waals surface area contributed by atoms with Crippen molar-refractivity contribution in [2.75, 3.05) is 17.2 Å². The van der Waals surface area contributed by atoms with Crippen LogP contribution in [0, 0.1) is 24.0 Å². The Morgan fingerprint density at radius 2 is 1.63 bits per heavy atom. The monoisotopic (exact) mass is 477 g/mol. The van der Waals surface area contributed by atoms with Gasteiger partial charge in [0.15, 0.2) is 6.61 Å². The van der Waals surface area contributed by atoms with E-state index in [4.69, 9.17) is 4.74 Å². The second-order valence-electron chi connectivity index (χ2n) is 6.41. The lowest BCUT2D eigenvalue weighted by Gasteiger charge is -2.12. The van der Waals surface area contributed by atoms with Gasteiger partial charge in [-0.3, -0.25) is 24.5 Å². The van der Waals surface area contributed by atoms with Crippen LogP contribution in [0.4, 0.5) is 17.1 Å². The summed E-state index contributed by atoms with van der Waals surface area (Å²) >= 11 is 3.41. The fraction of sp³-hybridized carbons (Fsp3) is 0.250. The zero-order chi connectivity index (χ0) is 22.3. The van der Waals surface area contributed by atoms with Gasteiger partial charge in [-0.1, -0.05) is 15.9 Å². The molecule has 0 aromatic heterocycles. The highest BCUT2D eigenvalue weighted by Crippen LogP contribution is 2.25. The lowest BCUT2D eigenvalue weighted by molar-refractivity contribution is -0.384. The van der Waals surface area contributed by atoms with E-state index in [9.17, 15) is 24.5 Å². The number of ether oxygens (including phenoxy) is 1. The molecule has 2 rings (SSSR count). The number of halogens is 1. The number of nitrogens with one attached hydrogen (secondary N) is 2. The summed E-state index contributed by atoms with van der Waals surface area (Å²) in [6.45, 7) is 3.32. The molecule has 2 aromatic rings. The van der Waals surface area contributed by atoms with E-state index in [-0.39, 0.29) is 18.5 Å². The number of nitrogens with zero attached hydrogens (tertiary/aromatic N) is 1. The Balaban J connectivity index is 1.74. The van der Waals surface area contributed by atoms with Crippen molar-refractivity contribution in [1.29, 1.82) is 0 Å². The van der Waals surface area contributed by atoms with E-state index in [1.165, 1.54) is 24.3 Å². The van der Waals surface area contributed by atoms with Gasteiger partial charge in [0.1, 0.15) is 0 Å². The summed E-state index contributed by atoms with van der Waals surface area (Å²) in [4.78, 5) is 45.7. The molecule has 2 N–H and O–H groups in total. The highest BCUT2D eigenvalue weighted by molar-refractivity contribution is 9.10. The number of nitro groups is 1. The normalized spacial score (nSPS) is 10.2. The molecule has 0 unspecified atom stereocenters. The average molecular weight is 478 g/mol. The minimum Gasteiger partial charge on any atom is -0.456 e. The number of benzene rings is 2. The molecule has 0 aliphatic carbocycles. The summed E-state index contributed by atoms with van der Waals surface area (Å²) < 4.78 is 5.82. The standard InChI is InChI=1S/C20H20BrN3O6/c1-12-13(2)17(8-7-16(12)21)23-19(26)11-30-20(27)10-9-18(25)22-14-3-5-15(6-4-14)24(28)29/h3-8H,9-11H2,1-2H3,(H,22,25)(H,23,26). The first-order chi connectivity index (χ1) is 14.2. The van der Waals surface area contributed by atoms with Crippen LogP contribution in [0.25, 0.3) is 0 Å². The van der Waals surface area contributed by atoms with Crippen LogP contribution in [-0.4, -0.2) is 29.3 Å². The molecule has 0 radical (unpaired) electrons. The van der Waals surface area contributed by atoms with E-state index in [0.717, 1.165) is 15.6 Å². The number of carbonyl (C=O) groups excluding carboxylic acids is 3. The van der Waals surface area contributed by atoms with Crippen molar-refractivity contribution in [1.82, 2.24) is 0 Å². The zero-order valence-electron chi connectivity index (χ0n) is 16.4. The van der Waals surface area contributed by atoms with Crippen LogP contribution < -0.4 is 10.6 Å². The number of carbonyl (C=O) groups is 3. The number of nitro benzene ring substituents is 1. The summed E-state index contributed by atoms with van der Waals surface area (Å²) in [5, 5.41) is 15.8. The highest BCUT2D eigenvalue weighted by Gasteiger charge is 2.13. The zero-order valence-corrected chi connectivity index (χ0v) is 17.9. The smallest absolute Gasteiger partial charge is 0.306 e. The number of hydrogen-bond donors (Lipinski definition) is 2. The number of non-ortho nitro benzene ring substituents is 1. The Morgan fingerprint density at radius 3 is 2.27 bits per heavy atom. The largest absolute Gasteiger partial charge is 0.456 e. The van der Waals surface area contributed by atoms with Crippen LogP contribution in [0.3, 0.4) is 0 Å². The van der Waals surface area contributed by atoms with Gasteiger partial charge in [-0.2, -0.15) is 0 Å². The third kappa shape index (κ3) is 6.66. The third-order valence-corrected chi connectivity index (χ3v) is 5.14. The van der Waals surface area contributed by atoms with Gasteiger partial charge in [0.25, 0.3) is 11.6 Å². The number of hydrogen-bond acceptors (Lipinski definition) is 6. The van der Waals surface area contributed by atoms with Gasteiger partial charge in [0.2, 0.25) is 5.91 Å². The Bertz CT molecular complexity index is 975. The van der Waals surface area contributed by atoms with E-state index >= 15 is 0 Å². The van der Waals surface area contributed by atoms with Gasteiger partial charge in [0, 0.05) is 34.4 Å². The maximum Gasteiger partial charge on any atom is 0.306 e. The summed E-state index contributed by atoms with van der Waals surface area (Å²) in [5.41, 5.74) is 2.79. The molecule has 9 nitrogen and oxygen atoms in total. The second-order valence-corrected chi connectivity index (χ2v) is 7.26. The molecule has 0 aliphatic heterocycles. The first-order valence-corrected chi connectivity index (χ1v) is 9.72. The van der Waals surface area contributed by atoms with Crippen molar-refractivity contribution in [2.24, 2.45) is 0 Å². The van der Waals surface area contributed by atoms with Gasteiger partial charge in [-0.15, -0.1) is 0 Å². The highest BCUT2D eigenvalue weighted by atomic mass is 79.9. The molecule has 0 bridgehead atoms. The number of amides is 2. The molecule has 30 heavy (non-hydrogen) atoms. The van der Waals surface area contributed by atoms with E-state index in [2.05, 4.69) is 26.6 Å². The minimum atomic E-state index is -0.687. The molecule has 0 spiro atoms. The number of esters is 1. The van der Waals surface area contributed by atoms with Crippen molar-refractivity contribution in [3.05, 3.63) is 62.1 Å². The van der Waals surface area contributed by atoms with Gasteiger partial charge < -0.3 is 15.4 Å². The molecular formula is C20H20BrN3O6. The van der Waals surface area contributed by atoms with Crippen molar-refractivity contribution >= 4 is 50.8 Å². The third-order valence-electron chi connectivity index (χ3n) is 4.28. The fourth-order valence-electron chi connectivity index (χ4n) is 2.43. The quantitative estimate of drug-likeness (QED) is 0.337. The Kier molecular flexibility index (Phi) is 8.05. The van der Waals surface area contributed by atoms with E-state index in [1.54, 1.807) is 6.07 Å². The first-order valence-electron chi connectivity index (χ1n) is 8.93. The molecule has 2 amide bonds. The van der Waals surface area contributed by atoms with Crippen molar-refractivity contribution in [3.8, 4) is 0 Å². The van der Waals surface area contributed by atoms with Crippen LogP contribution in [0.1, 0.15) is 24.0 Å². The molecule has 0 aliphatic rings. The van der Waals surface area contributed by atoms with E-state index < -0.39 is 29.3 Å². The van der Waals surface area contributed by atoms with Gasteiger partial charge in [0.05, 0.1) is 11.3 Å². The van der Waals surface area contributed by atoms with Gasteiger partial charge in [-0.25, -0.2) is 0 Å². The van der Waals surface area contributed by atoms with Crippen molar-refractivity contribution in [2.45, 2.75) is 26.7 Å². The second kappa shape index (κ2) is 10.5. The molecule has 0 heterocycles. The number of anilines is 2.